The molecule has 2 unspecified atom stereocenters. The van der Waals surface area contributed by atoms with Gasteiger partial charge in [0.1, 0.15) is 5.60 Å². The molecule has 2 saturated heterocycles. The molecular weight excluding hydrogens is 364 g/mol. The molecule has 0 aromatic rings. The molecule has 0 spiro atoms. The molecule has 0 radical (unpaired) electrons. The van der Waals surface area contributed by atoms with Gasteiger partial charge in [0.05, 0.1) is 0 Å². The Balaban J connectivity index is 1.64. The van der Waals surface area contributed by atoms with Crippen LogP contribution in [0, 0.1) is 0 Å². The number of fused-ring (bicyclic) bond motifs is 2. The Kier molecular flexibility index (Phi) is 9.73. The lowest BCUT2D eigenvalue weighted by atomic mass is 9.82. The molecule has 0 aromatic carbocycles. The van der Waals surface area contributed by atoms with E-state index < -0.39 is 0 Å². The van der Waals surface area contributed by atoms with Crippen molar-refractivity contribution in [3.05, 3.63) is 0 Å². The summed E-state index contributed by atoms with van der Waals surface area (Å²) >= 11 is 0. The molecule has 0 aromatic heterocycles. The molecule has 2 atom stereocenters. The molecule has 2 bridgehead atoms. The fourth-order valence-corrected chi connectivity index (χ4v) is 4.57. The highest BCUT2D eigenvalue weighted by Gasteiger charge is 2.36. The van der Waals surface area contributed by atoms with E-state index in [0.717, 1.165) is 56.8 Å². The van der Waals surface area contributed by atoms with Crippen LogP contribution in [0.5, 0.6) is 0 Å². The van der Waals surface area contributed by atoms with Gasteiger partial charge < -0.3 is 20.3 Å². The quantitative estimate of drug-likeness (QED) is 0.263. The summed E-state index contributed by atoms with van der Waals surface area (Å²) in [7, 11) is 2.30. The van der Waals surface area contributed by atoms with Crippen molar-refractivity contribution in [1.29, 1.82) is 0 Å². The minimum absolute atomic E-state index is 0.0861. The molecular formula is C23H44N4O2. The third-order valence-electron chi connectivity index (χ3n) is 6.00. The van der Waals surface area contributed by atoms with E-state index in [4.69, 9.17) is 9.73 Å². The fourth-order valence-electron chi connectivity index (χ4n) is 4.57. The summed E-state index contributed by atoms with van der Waals surface area (Å²) in [6.45, 7) is 9.59. The van der Waals surface area contributed by atoms with Crippen LogP contribution in [0.2, 0.25) is 0 Å². The second kappa shape index (κ2) is 11.8. The highest BCUT2D eigenvalue weighted by atomic mass is 16.6. The van der Waals surface area contributed by atoms with Gasteiger partial charge in [-0.2, -0.15) is 0 Å². The van der Waals surface area contributed by atoms with Gasteiger partial charge in [0.15, 0.2) is 5.96 Å². The summed E-state index contributed by atoms with van der Waals surface area (Å²) in [5.41, 5.74) is -0.381. The molecule has 0 saturated carbocycles. The normalized spacial score (nSPS) is 25.6. The van der Waals surface area contributed by atoms with Crippen LogP contribution in [0.15, 0.2) is 4.99 Å². The number of aliphatic imine (C=N–C) groups is 1. The first-order chi connectivity index (χ1) is 13.8. The zero-order valence-electron chi connectivity index (χ0n) is 19.4. The molecule has 2 aliphatic rings. The summed E-state index contributed by atoms with van der Waals surface area (Å²) in [6.07, 6.45) is 11.1. The summed E-state index contributed by atoms with van der Waals surface area (Å²) in [5, 5.41) is 7.11. The summed E-state index contributed by atoms with van der Waals surface area (Å²) in [5.74, 6) is 0.880. The maximum absolute atomic E-state index is 11.7. The van der Waals surface area contributed by atoms with E-state index in [1.54, 1.807) is 0 Å². The molecule has 2 rings (SSSR count). The number of carbonyl (C=O) groups excluding carboxylic acids is 1. The molecule has 168 valence electrons. The van der Waals surface area contributed by atoms with Crippen molar-refractivity contribution < 1.29 is 9.53 Å². The van der Waals surface area contributed by atoms with Gasteiger partial charge in [-0.05, 0) is 73.3 Å². The minimum Gasteiger partial charge on any atom is -0.460 e. The predicted octanol–water partition coefficient (Wildman–Crippen LogP) is 3.85. The Bertz CT molecular complexity index is 515. The van der Waals surface area contributed by atoms with Crippen LogP contribution < -0.4 is 10.6 Å². The summed E-state index contributed by atoms with van der Waals surface area (Å²) < 4.78 is 5.35. The van der Waals surface area contributed by atoms with Crippen LogP contribution in [0.25, 0.3) is 0 Å². The van der Waals surface area contributed by atoms with Crippen molar-refractivity contribution in [1.82, 2.24) is 15.5 Å². The Hall–Kier alpha value is -1.30. The van der Waals surface area contributed by atoms with Gasteiger partial charge in [-0.1, -0.05) is 19.3 Å². The topological polar surface area (TPSA) is 66.0 Å². The van der Waals surface area contributed by atoms with Gasteiger partial charge in [0, 0.05) is 37.6 Å². The van der Waals surface area contributed by atoms with Crippen LogP contribution in [-0.4, -0.2) is 60.7 Å². The first kappa shape index (κ1) is 24.0. The Labute approximate surface area is 178 Å². The van der Waals surface area contributed by atoms with Gasteiger partial charge in [-0.25, -0.2) is 0 Å². The third-order valence-corrected chi connectivity index (χ3v) is 6.00. The van der Waals surface area contributed by atoms with E-state index >= 15 is 0 Å². The molecule has 0 aliphatic carbocycles. The average Bonchev–Trinajstić information content (AvgIpc) is 2.60. The van der Waals surface area contributed by atoms with Gasteiger partial charge in [-0.15, -0.1) is 0 Å². The standard InChI is InChI=1S/C23H44N4O2/c1-6-24-22(26-18-16-19-12-11-13-20(17-18)27(19)5)25-15-10-8-7-9-14-21(28)29-23(2,3)4/h18-20H,6-17H2,1-5H3,(H2,24,25,26). The van der Waals surface area contributed by atoms with Crippen molar-refractivity contribution in [2.75, 3.05) is 20.1 Å². The predicted molar refractivity (Wildman–Crippen MR) is 120 cm³/mol. The molecule has 6 heteroatoms. The molecule has 6 nitrogen and oxygen atoms in total. The van der Waals surface area contributed by atoms with Gasteiger partial charge in [0.2, 0.25) is 0 Å². The Morgan fingerprint density at radius 3 is 2.38 bits per heavy atom. The van der Waals surface area contributed by atoms with Crippen molar-refractivity contribution in [3.63, 3.8) is 0 Å². The smallest absolute Gasteiger partial charge is 0.306 e. The molecule has 0 amide bonds. The number of nitrogens with one attached hydrogen (secondary N) is 2. The lowest BCUT2D eigenvalue weighted by molar-refractivity contribution is -0.154. The van der Waals surface area contributed by atoms with E-state index in [-0.39, 0.29) is 11.6 Å². The second-order valence-corrected chi connectivity index (χ2v) is 9.73. The van der Waals surface area contributed by atoms with E-state index in [0.29, 0.717) is 12.5 Å². The van der Waals surface area contributed by atoms with Crippen LogP contribution in [0.4, 0.5) is 0 Å². The zero-order chi connectivity index (χ0) is 21.3. The molecule has 2 aliphatic heterocycles. The number of guanidine groups is 1. The number of carbonyl (C=O) groups is 1. The number of rotatable bonds is 9. The second-order valence-electron chi connectivity index (χ2n) is 9.73. The number of hydrogen-bond donors (Lipinski definition) is 2. The fraction of sp³-hybridized carbons (Fsp3) is 0.913. The third kappa shape index (κ3) is 8.93. The lowest BCUT2D eigenvalue weighted by Gasteiger charge is -2.47. The lowest BCUT2D eigenvalue weighted by Crippen LogP contribution is -2.56. The number of piperidine rings is 2. The number of ether oxygens (including phenoxy) is 1. The Morgan fingerprint density at radius 2 is 1.76 bits per heavy atom. The number of hydrogen-bond acceptors (Lipinski definition) is 4. The van der Waals surface area contributed by atoms with Crippen molar-refractivity contribution >= 4 is 11.9 Å². The number of nitrogens with zero attached hydrogens (tertiary/aromatic N) is 2. The average molecular weight is 409 g/mol. The van der Waals surface area contributed by atoms with Crippen molar-refractivity contribution in [2.45, 2.75) is 116 Å². The van der Waals surface area contributed by atoms with Gasteiger partial charge in [0.25, 0.3) is 0 Å². The van der Waals surface area contributed by atoms with E-state index in [1.807, 2.05) is 20.8 Å². The first-order valence-corrected chi connectivity index (χ1v) is 11.8. The highest BCUT2D eigenvalue weighted by molar-refractivity contribution is 5.80. The summed E-state index contributed by atoms with van der Waals surface area (Å²) in [6, 6.07) is 1.99. The number of unbranched alkanes of at least 4 members (excludes halogenated alkanes) is 3. The molecule has 2 fully saturated rings. The van der Waals surface area contributed by atoms with Crippen LogP contribution in [-0.2, 0) is 9.53 Å². The molecule has 29 heavy (non-hydrogen) atoms. The zero-order valence-corrected chi connectivity index (χ0v) is 19.4. The van der Waals surface area contributed by atoms with Crippen LogP contribution in [0.1, 0.15) is 91.9 Å². The molecule has 2 heterocycles. The maximum atomic E-state index is 11.7. The largest absolute Gasteiger partial charge is 0.460 e. The van der Waals surface area contributed by atoms with Crippen molar-refractivity contribution in [3.8, 4) is 0 Å². The maximum Gasteiger partial charge on any atom is 0.306 e. The van der Waals surface area contributed by atoms with E-state index in [1.165, 1.54) is 32.1 Å². The SMILES string of the molecule is CCNC(=NCCCCCCC(=O)OC(C)(C)C)NC1CC2CCCC(C1)N2C. The van der Waals surface area contributed by atoms with Crippen LogP contribution in [0.3, 0.4) is 0 Å². The monoisotopic (exact) mass is 408 g/mol. The van der Waals surface area contributed by atoms with Crippen molar-refractivity contribution in [2.24, 2.45) is 4.99 Å². The van der Waals surface area contributed by atoms with Crippen LogP contribution >= 0.6 is 0 Å². The minimum atomic E-state index is -0.381. The van der Waals surface area contributed by atoms with Gasteiger partial charge >= 0.3 is 5.97 Å². The van der Waals surface area contributed by atoms with E-state index in [2.05, 4.69) is 29.5 Å². The van der Waals surface area contributed by atoms with E-state index in [9.17, 15) is 4.79 Å². The molecule has 2 N–H and O–H groups in total. The highest BCUT2D eigenvalue weighted by Crippen LogP contribution is 2.32. The first-order valence-electron chi connectivity index (χ1n) is 11.8. The van der Waals surface area contributed by atoms with Gasteiger partial charge in [-0.3, -0.25) is 9.79 Å². The number of esters is 1. The Morgan fingerprint density at radius 1 is 1.10 bits per heavy atom. The summed E-state index contributed by atoms with van der Waals surface area (Å²) in [4.78, 5) is 19.1.